The van der Waals surface area contributed by atoms with Crippen LogP contribution in [0.3, 0.4) is 0 Å². The van der Waals surface area contributed by atoms with E-state index >= 15 is 0 Å². The molecular weight excluding hydrogens is 296 g/mol. The highest BCUT2D eigenvalue weighted by atomic mass is 79.9. The molecular formula is C13H23BrN2S. The number of halogens is 1. The normalized spacial score (nSPS) is 12.4. The fraction of sp³-hybridized carbons (Fsp3) is 0.692. The Bertz CT molecular complexity index is 330. The molecule has 0 aliphatic rings. The van der Waals surface area contributed by atoms with E-state index < -0.39 is 0 Å². The molecule has 0 aliphatic carbocycles. The van der Waals surface area contributed by atoms with Crippen LogP contribution in [-0.4, -0.2) is 31.6 Å². The van der Waals surface area contributed by atoms with Crippen LogP contribution in [0.1, 0.15) is 25.6 Å². The van der Waals surface area contributed by atoms with Gasteiger partial charge in [0.05, 0.1) is 0 Å². The van der Waals surface area contributed by atoms with Gasteiger partial charge in [-0.2, -0.15) is 0 Å². The number of hydrogen-bond acceptors (Lipinski definition) is 3. The molecule has 1 aromatic rings. The van der Waals surface area contributed by atoms with Crippen LogP contribution < -0.4 is 5.32 Å². The van der Waals surface area contributed by atoms with E-state index in [1.54, 1.807) is 11.3 Å². The van der Waals surface area contributed by atoms with E-state index in [1.807, 2.05) is 0 Å². The summed E-state index contributed by atoms with van der Waals surface area (Å²) in [5, 5.41) is 5.61. The van der Waals surface area contributed by atoms with Crippen LogP contribution in [0.5, 0.6) is 0 Å². The second-order valence-corrected chi connectivity index (χ2v) is 7.62. The van der Waals surface area contributed by atoms with E-state index in [2.05, 4.69) is 65.4 Å². The Morgan fingerprint density at radius 1 is 1.41 bits per heavy atom. The predicted molar refractivity (Wildman–Crippen MR) is 80.7 cm³/mol. The summed E-state index contributed by atoms with van der Waals surface area (Å²) in [6.07, 6.45) is 0. The van der Waals surface area contributed by atoms with Crippen molar-refractivity contribution in [3.05, 3.63) is 20.8 Å². The predicted octanol–water partition coefficient (Wildman–Crippen LogP) is 3.58. The van der Waals surface area contributed by atoms with E-state index in [1.165, 1.54) is 9.35 Å². The highest BCUT2D eigenvalue weighted by Gasteiger charge is 2.12. The lowest BCUT2D eigenvalue weighted by atomic mass is 9.96. The summed E-state index contributed by atoms with van der Waals surface area (Å²) >= 11 is 5.27. The molecule has 0 aliphatic heterocycles. The van der Waals surface area contributed by atoms with Crippen LogP contribution in [0.25, 0.3) is 0 Å². The Hall–Kier alpha value is 0.1000. The van der Waals surface area contributed by atoms with Gasteiger partial charge in [-0.25, -0.2) is 0 Å². The summed E-state index contributed by atoms with van der Waals surface area (Å²) < 4.78 is 1.18. The van der Waals surface area contributed by atoms with E-state index in [-0.39, 0.29) is 0 Å². The molecule has 0 fully saturated rings. The number of nitrogens with zero attached hydrogens (tertiary/aromatic N) is 1. The van der Waals surface area contributed by atoms with Gasteiger partial charge in [-0.05, 0) is 34.5 Å². The first-order valence-electron chi connectivity index (χ1n) is 5.99. The molecule has 0 radical (unpaired) electrons. The van der Waals surface area contributed by atoms with Crippen LogP contribution in [0.4, 0.5) is 0 Å². The van der Waals surface area contributed by atoms with Gasteiger partial charge < -0.3 is 10.2 Å². The summed E-state index contributed by atoms with van der Waals surface area (Å²) in [5.74, 6) is 0. The van der Waals surface area contributed by atoms with Crippen molar-refractivity contribution in [1.82, 2.24) is 10.2 Å². The Kier molecular flexibility index (Phi) is 6.13. The van der Waals surface area contributed by atoms with Gasteiger partial charge in [-0.1, -0.05) is 20.8 Å². The SMILES string of the molecule is CN(CCNCc1cc(Br)cs1)CC(C)(C)C. The third kappa shape index (κ3) is 7.19. The molecule has 4 heteroatoms. The molecule has 0 saturated heterocycles. The molecule has 1 aromatic heterocycles. The number of hydrogen-bond donors (Lipinski definition) is 1. The first-order chi connectivity index (χ1) is 7.87. The molecule has 17 heavy (non-hydrogen) atoms. The smallest absolute Gasteiger partial charge is 0.0300 e. The van der Waals surface area contributed by atoms with Crippen LogP contribution in [0.15, 0.2) is 15.9 Å². The molecule has 1 heterocycles. The molecule has 0 unspecified atom stereocenters. The fourth-order valence-electron chi connectivity index (χ4n) is 1.82. The summed E-state index contributed by atoms with van der Waals surface area (Å²) in [7, 11) is 2.19. The number of likely N-dealkylation sites (N-methyl/N-ethyl adjacent to an activating group) is 1. The van der Waals surface area contributed by atoms with Crippen molar-refractivity contribution in [2.24, 2.45) is 5.41 Å². The highest BCUT2D eigenvalue weighted by molar-refractivity contribution is 9.10. The van der Waals surface area contributed by atoms with Gasteiger partial charge in [0.1, 0.15) is 0 Å². The molecule has 0 saturated carbocycles. The van der Waals surface area contributed by atoms with E-state index in [0.717, 1.165) is 26.2 Å². The van der Waals surface area contributed by atoms with E-state index in [9.17, 15) is 0 Å². The zero-order valence-electron chi connectivity index (χ0n) is 11.2. The first-order valence-corrected chi connectivity index (χ1v) is 7.66. The molecule has 0 aromatic carbocycles. The van der Waals surface area contributed by atoms with Gasteiger partial charge in [0.2, 0.25) is 0 Å². The van der Waals surface area contributed by atoms with Crippen molar-refractivity contribution in [2.75, 3.05) is 26.7 Å². The maximum atomic E-state index is 3.48. The van der Waals surface area contributed by atoms with Crippen molar-refractivity contribution in [3.63, 3.8) is 0 Å². The number of rotatable bonds is 6. The second-order valence-electron chi connectivity index (χ2n) is 5.71. The third-order valence-corrected chi connectivity index (χ3v) is 4.03. The zero-order valence-corrected chi connectivity index (χ0v) is 13.6. The van der Waals surface area contributed by atoms with Gasteiger partial charge in [-0.15, -0.1) is 11.3 Å². The molecule has 1 N–H and O–H groups in total. The first kappa shape index (κ1) is 15.2. The van der Waals surface area contributed by atoms with E-state index in [0.29, 0.717) is 5.41 Å². The topological polar surface area (TPSA) is 15.3 Å². The minimum Gasteiger partial charge on any atom is -0.311 e. The molecule has 0 atom stereocenters. The molecule has 0 amide bonds. The second kappa shape index (κ2) is 6.88. The van der Waals surface area contributed by atoms with Crippen molar-refractivity contribution in [3.8, 4) is 0 Å². The van der Waals surface area contributed by atoms with Crippen molar-refractivity contribution in [2.45, 2.75) is 27.3 Å². The maximum absolute atomic E-state index is 3.48. The van der Waals surface area contributed by atoms with Crippen LogP contribution in [0.2, 0.25) is 0 Å². The fourth-order valence-corrected chi connectivity index (χ4v) is 3.24. The summed E-state index contributed by atoms with van der Waals surface area (Å²) in [6.45, 7) is 11.1. The number of thiophene rings is 1. The van der Waals surface area contributed by atoms with Gasteiger partial charge in [0.15, 0.2) is 0 Å². The number of nitrogens with one attached hydrogen (secondary N) is 1. The standard InChI is InChI=1S/C13H23BrN2S/c1-13(2,3)10-16(4)6-5-15-8-12-7-11(14)9-17-12/h7,9,15H,5-6,8,10H2,1-4H3. The Balaban J connectivity index is 2.12. The average Bonchev–Trinajstić information content (AvgIpc) is 2.56. The van der Waals surface area contributed by atoms with Gasteiger partial charge in [-0.3, -0.25) is 0 Å². The molecule has 0 bridgehead atoms. The van der Waals surface area contributed by atoms with E-state index in [4.69, 9.17) is 0 Å². The third-order valence-electron chi connectivity index (χ3n) is 2.34. The van der Waals surface area contributed by atoms with Crippen LogP contribution in [-0.2, 0) is 6.54 Å². The molecule has 2 nitrogen and oxygen atoms in total. The minimum absolute atomic E-state index is 0.382. The zero-order chi connectivity index (χ0) is 12.9. The van der Waals surface area contributed by atoms with Crippen LogP contribution >= 0.6 is 27.3 Å². The Morgan fingerprint density at radius 2 is 2.12 bits per heavy atom. The highest BCUT2D eigenvalue weighted by Crippen LogP contribution is 2.19. The molecule has 0 spiro atoms. The lowest BCUT2D eigenvalue weighted by molar-refractivity contribution is 0.227. The molecule has 1 rings (SSSR count). The largest absolute Gasteiger partial charge is 0.311 e. The molecule has 98 valence electrons. The monoisotopic (exact) mass is 318 g/mol. The van der Waals surface area contributed by atoms with Crippen molar-refractivity contribution < 1.29 is 0 Å². The summed E-state index contributed by atoms with van der Waals surface area (Å²) in [6, 6.07) is 2.18. The Morgan fingerprint density at radius 3 is 2.65 bits per heavy atom. The van der Waals surface area contributed by atoms with Gasteiger partial charge in [0, 0.05) is 40.9 Å². The summed E-state index contributed by atoms with van der Waals surface area (Å²) in [5.41, 5.74) is 0.382. The van der Waals surface area contributed by atoms with Crippen molar-refractivity contribution >= 4 is 27.3 Å². The maximum Gasteiger partial charge on any atom is 0.0300 e. The average molecular weight is 319 g/mol. The lowest BCUT2D eigenvalue weighted by Crippen LogP contribution is -2.34. The lowest BCUT2D eigenvalue weighted by Gasteiger charge is -2.26. The quantitative estimate of drug-likeness (QED) is 0.806. The van der Waals surface area contributed by atoms with Gasteiger partial charge >= 0.3 is 0 Å². The van der Waals surface area contributed by atoms with Gasteiger partial charge in [0.25, 0.3) is 0 Å². The summed E-state index contributed by atoms with van der Waals surface area (Å²) in [4.78, 5) is 3.77. The van der Waals surface area contributed by atoms with Crippen LogP contribution in [0, 0.1) is 5.41 Å². The van der Waals surface area contributed by atoms with Crippen molar-refractivity contribution in [1.29, 1.82) is 0 Å². The minimum atomic E-state index is 0.382. The Labute approximate surface area is 118 Å².